The van der Waals surface area contributed by atoms with Crippen molar-refractivity contribution in [3.63, 3.8) is 0 Å². The summed E-state index contributed by atoms with van der Waals surface area (Å²) in [6, 6.07) is 8.85. The zero-order valence-corrected chi connectivity index (χ0v) is 15.0. The first-order valence-corrected chi connectivity index (χ1v) is 8.30. The lowest BCUT2D eigenvalue weighted by molar-refractivity contribution is -0.389. The van der Waals surface area contributed by atoms with Crippen LogP contribution in [0.4, 0.5) is 17.3 Å². The van der Waals surface area contributed by atoms with Gasteiger partial charge in [0.05, 0.1) is 0 Å². The molecule has 0 bridgehead atoms. The van der Waals surface area contributed by atoms with Gasteiger partial charge in [-0.2, -0.15) is 0 Å². The van der Waals surface area contributed by atoms with E-state index in [0.717, 1.165) is 11.0 Å². The van der Waals surface area contributed by atoms with Gasteiger partial charge in [0.1, 0.15) is 6.54 Å². The number of carbonyl (C=O) groups is 3. The summed E-state index contributed by atoms with van der Waals surface area (Å²) in [6.07, 6.45) is -0.871. The van der Waals surface area contributed by atoms with Crippen LogP contribution in [0.25, 0.3) is 0 Å². The quantitative estimate of drug-likeness (QED) is 0.473. The van der Waals surface area contributed by atoms with Crippen LogP contribution in [0.1, 0.15) is 24.2 Å². The van der Waals surface area contributed by atoms with E-state index in [1.807, 2.05) is 0 Å². The van der Waals surface area contributed by atoms with Crippen molar-refractivity contribution in [2.45, 2.75) is 20.0 Å². The maximum Gasteiger partial charge on any atom is 0.366 e. The molecule has 144 valence electrons. The van der Waals surface area contributed by atoms with Gasteiger partial charge >= 0.3 is 5.82 Å². The number of benzene rings is 1. The SMILES string of the molecule is CC(=O)c1cccc(NC(=O)CN2C(=O)C(C)Oc3ccc([N+](=O)[O-])nc32)c1. The fraction of sp³-hybridized carbons (Fsp3) is 0.222. The lowest BCUT2D eigenvalue weighted by Gasteiger charge is -2.28. The Morgan fingerprint density at radius 1 is 1.32 bits per heavy atom. The Balaban J connectivity index is 1.85. The van der Waals surface area contributed by atoms with Gasteiger partial charge in [0.15, 0.2) is 17.6 Å². The van der Waals surface area contributed by atoms with Crippen LogP contribution < -0.4 is 15.0 Å². The monoisotopic (exact) mass is 384 g/mol. The van der Waals surface area contributed by atoms with Crippen molar-refractivity contribution in [1.29, 1.82) is 0 Å². The molecule has 0 saturated carbocycles. The Hall–Kier alpha value is -3.82. The van der Waals surface area contributed by atoms with Crippen LogP contribution in [0.5, 0.6) is 5.75 Å². The number of rotatable bonds is 5. The van der Waals surface area contributed by atoms with Gasteiger partial charge in [-0.25, -0.2) is 0 Å². The fourth-order valence-electron chi connectivity index (χ4n) is 2.69. The highest BCUT2D eigenvalue weighted by Gasteiger charge is 2.37. The van der Waals surface area contributed by atoms with E-state index in [0.29, 0.717) is 11.3 Å². The lowest BCUT2D eigenvalue weighted by atomic mass is 10.1. The molecule has 0 fully saturated rings. The maximum atomic E-state index is 12.5. The molecular formula is C18H16N4O6. The van der Waals surface area contributed by atoms with E-state index in [-0.39, 0.29) is 17.4 Å². The van der Waals surface area contributed by atoms with Crippen LogP contribution in [0.3, 0.4) is 0 Å². The van der Waals surface area contributed by atoms with E-state index in [2.05, 4.69) is 10.3 Å². The Morgan fingerprint density at radius 2 is 2.07 bits per heavy atom. The van der Waals surface area contributed by atoms with Gasteiger partial charge in [0.2, 0.25) is 5.91 Å². The Kier molecular flexibility index (Phi) is 5.03. The number of nitrogens with zero attached hydrogens (tertiary/aromatic N) is 3. The van der Waals surface area contributed by atoms with E-state index in [4.69, 9.17) is 4.74 Å². The molecule has 1 aromatic carbocycles. The van der Waals surface area contributed by atoms with Crippen LogP contribution in [0, 0.1) is 10.1 Å². The first-order valence-electron chi connectivity index (χ1n) is 8.30. The van der Waals surface area contributed by atoms with Crippen LogP contribution in [-0.4, -0.2) is 40.2 Å². The summed E-state index contributed by atoms with van der Waals surface area (Å²) in [5.74, 6) is -1.65. The molecule has 28 heavy (non-hydrogen) atoms. The number of anilines is 2. The summed E-state index contributed by atoms with van der Waals surface area (Å²) in [5.41, 5.74) is 0.815. The Bertz CT molecular complexity index is 990. The maximum absolute atomic E-state index is 12.5. The number of aromatic nitrogens is 1. The minimum atomic E-state index is -0.871. The van der Waals surface area contributed by atoms with Gasteiger partial charge in [-0.3, -0.25) is 19.3 Å². The van der Waals surface area contributed by atoms with Gasteiger partial charge in [-0.1, -0.05) is 12.1 Å². The molecule has 10 nitrogen and oxygen atoms in total. The smallest absolute Gasteiger partial charge is 0.366 e. The van der Waals surface area contributed by atoms with Crippen molar-refractivity contribution in [2.75, 3.05) is 16.8 Å². The number of nitro groups is 1. The topological polar surface area (TPSA) is 132 Å². The number of hydrogen-bond acceptors (Lipinski definition) is 7. The first-order chi connectivity index (χ1) is 13.3. The van der Waals surface area contributed by atoms with Gasteiger partial charge in [0.25, 0.3) is 11.7 Å². The zero-order valence-electron chi connectivity index (χ0n) is 15.0. The molecule has 1 aliphatic rings. The van der Waals surface area contributed by atoms with Crippen LogP contribution >= 0.6 is 0 Å². The molecule has 3 rings (SSSR count). The van der Waals surface area contributed by atoms with E-state index in [9.17, 15) is 24.5 Å². The molecule has 2 aromatic rings. The molecule has 0 aliphatic carbocycles. The molecule has 0 saturated heterocycles. The summed E-state index contributed by atoms with van der Waals surface area (Å²) in [7, 11) is 0. The molecule has 1 unspecified atom stereocenters. The van der Waals surface area contributed by atoms with E-state index in [1.165, 1.54) is 26.0 Å². The van der Waals surface area contributed by atoms with Crippen molar-refractivity contribution in [1.82, 2.24) is 4.98 Å². The highest BCUT2D eigenvalue weighted by atomic mass is 16.6. The van der Waals surface area contributed by atoms with Gasteiger partial charge in [-0.05, 0) is 42.0 Å². The summed E-state index contributed by atoms with van der Waals surface area (Å²) >= 11 is 0. The summed E-state index contributed by atoms with van der Waals surface area (Å²) in [4.78, 5) is 51.5. The van der Waals surface area contributed by atoms with Crippen LogP contribution in [-0.2, 0) is 9.59 Å². The average molecular weight is 384 g/mol. The van der Waals surface area contributed by atoms with E-state index >= 15 is 0 Å². The zero-order chi connectivity index (χ0) is 20.4. The highest BCUT2D eigenvalue weighted by Crippen LogP contribution is 2.33. The standard InChI is InChI=1S/C18H16N4O6/c1-10(23)12-4-3-5-13(8-12)19-16(24)9-21-17-14(28-11(2)18(21)25)6-7-15(20-17)22(26)27/h3-8,11H,9H2,1-2H3,(H,19,24). The molecule has 0 spiro atoms. The number of carbonyl (C=O) groups excluding carboxylic acids is 3. The molecule has 0 radical (unpaired) electrons. The normalized spacial score (nSPS) is 15.4. The first kappa shape index (κ1) is 19.0. The Morgan fingerprint density at radius 3 is 2.75 bits per heavy atom. The minimum Gasteiger partial charge on any atom is -0.475 e. The number of ether oxygens (including phenoxy) is 1. The van der Waals surface area contributed by atoms with Gasteiger partial charge < -0.3 is 20.2 Å². The largest absolute Gasteiger partial charge is 0.475 e. The summed E-state index contributed by atoms with van der Waals surface area (Å²) < 4.78 is 5.41. The lowest BCUT2D eigenvalue weighted by Crippen LogP contribution is -2.48. The molecule has 1 atom stereocenters. The second-order valence-corrected chi connectivity index (χ2v) is 6.12. The van der Waals surface area contributed by atoms with Gasteiger partial charge in [-0.15, -0.1) is 0 Å². The van der Waals surface area contributed by atoms with E-state index < -0.39 is 35.2 Å². The fourth-order valence-corrected chi connectivity index (χ4v) is 2.69. The molecule has 2 amide bonds. The Labute approximate surface area is 159 Å². The summed E-state index contributed by atoms with van der Waals surface area (Å²) in [5, 5.41) is 13.6. The number of Topliss-reactive ketones (excluding diaryl/α,β-unsaturated/α-hetero) is 1. The molecule has 1 aliphatic heterocycles. The highest BCUT2D eigenvalue weighted by molar-refractivity contribution is 6.05. The molecule has 10 heteroatoms. The molecular weight excluding hydrogens is 368 g/mol. The third-order valence-corrected chi connectivity index (χ3v) is 4.04. The number of amides is 2. The number of fused-ring (bicyclic) bond motifs is 1. The van der Waals surface area contributed by atoms with Crippen LogP contribution in [0.2, 0.25) is 0 Å². The third-order valence-electron chi connectivity index (χ3n) is 4.04. The second-order valence-electron chi connectivity index (χ2n) is 6.12. The predicted octanol–water partition coefficient (Wildman–Crippen LogP) is 1.94. The average Bonchev–Trinajstić information content (AvgIpc) is 2.65. The molecule has 1 N–H and O–H groups in total. The number of ketones is 1. The molecule has 1 aromatic heterocycles. The van der Waals surface area contributed by atoms with Crippen molar-refractivity contribution in [3.8, 4) is 5.75 Å². The van der Waals surface area contributed by atoms with Crippen molar-refractivity contribution in [2.24, 2.45) is 0 Å². The van der Waals surface area contributed by atoms with Crippen molar-refractivity contribution < 1.29 is 24.0 Å². The van der Waals surface area contributed by atoms with E-state index in [1.54, 1.807) is 18.2 Å². The minimum absolute atomic E-state index is 0.0927. The number of hydrogen-bond donors (Lipinski definition) is 1. The molecule has 2 heterocycles. The number of pyridine rings is 1. The van der Waals surface area contributed by atoms with Crippen molar-refractivity contribution >= 4 is 34.9 Å². The third kappa shape index (κ3) is 3.80. The van der Waals surface area contributed by atoms with Crippen molar-refractivity contribution in [3.05, 3.63) is 52.1 Å². The summed E-state index contributed by atoms with van der Waals surface area (Å²) in [6.45, 7) is 2.50. The predicted molar refractivity (Wildman–Crippen MR) is 98.4 cm³/mol. The second kappa shape index (κ2) is 7.43. The van der Waals surface area contributed by atoms with Crippen LogP contribution in [0.15, 0.2) is 36.4 Å². The number of nitrogens with one attached hydrogen (secondary N) is 1. The van der Waals surface area contributed by atoms with Gasteiger partial charge in [0, 0.05) is 17.3 Å².